The molecule has 0 spiro atoms. The highest BCUT2D eigenvalue weighted by molar-refractivity contribution is 7.89. The fourth-order valence-electron chi connectivity index (χ4n) is 3.99. The van der Waals surface area contributed by atoms with Crippen LogP contribution in [0.25, 0.3) is 0 Å². The van der Waals surface area contributed by atoms with E-state index in [1.165, 1.54) is 16.4 Å². The normalized spacial score (nSPS) is 17.2. The second-order valence-electron chi connectivity index (χ2n) is 7.89. The van der Waals surface area contributed by atoms with Crippen LogP contribution in [0, 0.1) is 5.92 Å². The molecule has 1 amide bonds. The molecule has 0 saturated carbocycles. The Bertz CT molecular complexity index is 1120. The molecule has 0 aromatic heterocycles. The Hall–Kier alpha value is -2.00. The molecule has 10 heteroatoms. The minimum absolute atomic E-state index is 0.0302. The summed E-state index contributed by atoms with van der Waals surface area (Å²) >= 11 is 12.3. The smallest absolute Gasteiger partial charge is 0.243 e. The predicted molar refractivity (Wildman–Crippen MR) is 122 cm³/mol. The molecule has 0 bridgehead atoms. The van der Waals surface area contributed by atoms with Gasteiger partial charge < -0.3 is 14.4 Å². The van der Waals surface area contributed by atoms with Gasteiger partial charge in [0.25, 0.3) is 0 Å². The first-order chi connectivity index (χ1) is 15.3. The first-order valence-electron chi connectivity index (χ1n) is 10.3. The molecule has 1 fully saturated rings. The van der Waals surface area contributed by atoms with Crippen molar-refractivity contribution in [3.63, 3.8) is 0 Å². The van der Waals surface area contributed by atoms with Crippen LogP contribution in [0.4, 0.5) is 0 Å². The lowest BCUT2D eigenvalue weighted by atomic mass is 9.96. The standard InChI is InChI=1S/C22H24Cl2N2O5S/c1-25(14-16-3-2-4-18(23)21(16)24)22(27)15-7-9-26(10-8-15)32(28,29)17-5-6-19-20(13-17)31-12-11-30-19/h2-6,13,15H,7-12,14H2,1H3. The van der Waals surface area contributed by atoms with Crippen molar-refractivity contribution in [2.45, 2.75) is 24.3 Å². The van der Waals surface area contributed by atoms with E-state index in [1.54, 1.807) is 30.1 Å². The summed E-state index contributed by atoms with van der Waals surface area (Å²) in [6.07, 6.45) is 0.909. The third-order valence-electron chi connectivity index (χ3n) is 5.77. The Balaban J connectivity index is 1.39. The maximum absolute atomic E-state index is 13.1. The van der Waals surface area contributed by atoms with Crippen molar-refractivity contribution >= 4 is 39.1 Å². The van der Waals surface area contributed by atoms with Gasteiger partial charge in [-0.25, -0.2) is 8.42 Å². The molecular weight excluding hydrogens is 475 g/mol. The zero-order valence-electron chi connectivity index (χ0n) is 17.6. The SMILES string of the molecule is CN(Cc1cccc(Cl)c1Cl)C(=O)C1CCN(S(=O)(=O)c2ccc3c(c2)OCCO3)CC1. The van der Waals surface area contributed by atoms with Crippen molar-refractivity contribution in [1.29, 1.82) is 0 Å². The van der Waals surface area contributed by atoms with Gasteiger partial charge >= 0.3 is 0 Å². The second-order valence-corrected chi connectivity index (χ2v) is 10.6. The van der Waals surface area contributed by atoms with E-state index >= 15 is 0 Å². The first-order valence-corrected chi connectivity index (χ1v) is 12.5. The molecule has 2 aromatic rings. The third-order valence-corrected chi connectivity index (χ3v) is 8.52. The molecule has 7 nitrogen and oxygen atoms in total. The minimum Gasteiger partial charge on any atom is -0.486 e. The van der Waals surface area contributed by atoms with Gasteiger partial charge in [0, 0.05) is 38.7 Å². The molecule has 0 atom stereocenters. The van der Waals surface area contributed by atoms with Crippen LogP contribution in [-0.4, -0.2) is 56.9 Å². The number of ether oxygens (including phenoxy) is 2. The van der Waals surface area contributed by atoms with Crippen LogP contribution >= 0.6 is 23.2 Å². The number of fused-ring (bicyclic) bond motifs is 1. The van der Waals surface area contributed by atoms with Gasteiger partial charge in [0.15, 0.2) is 11.5 Å². The Kier molecular flexibility index (Phi) is 6.86. The number of piperidine rings is 1. The van der Waals surface area contributed by atoms with Gasteiger partial charge in [-0.2, -0.15) is 4.31 Å². The van der Waals surface area contributed by atoms with Gasteiger partial charge in [0.1, 0.15) is 13.2 Å². The summed E-state index contributed by atoms with van der Waals surface area (Å²) in [7, 11) is -1.96. The molecule has 2 aliphatic rings. The number of nitrogens with zero attached hydrogens (tertiary/aromatic N) is 2. The van der Waals surface area contributed by atoms with E-state index in [2.05, 4.69) is 0 Å². The predicted octanol–water partition coefficient (Wildman–Crippen LogP) is 3.82. The summed E-state index contributed by atoms with van der Waals surface area (Å²) < 4.78 is 38.6. The molecule has 1 saturated heterocycles. The van der Waals surface area contributed by atoms with Gasteiger partial charge in [-0.15, -0.1) is 0 Å². The first kappa shape index (κ1) is 23.2. The summed E-state index contributed by atoms with van der Waals surface area (Å²) in [6, 6.07) is 9.98. The maximum Gasteiger partial charge on any atom is 0.243 e. The van der Waals surface area contributed by atoms with E-state index in [0.717, 1.165) is 5.56 Å². The number of amides is 1. The van der Waals surface area contributed by atoms with Gasteiger partial charge in [-0.1, -0.05) is 35.3 Å². The van der Waals surface area contributed by atoms with Crippen LogP contribution in [0.3, 0.4) is 0 Å². The summed E-state index contributed by atoms with van der Waals surface area (Å²) in [6.45, 7) is 1.72. The molecule has 32 heavy (non-hydrogen) atoms. The molecule has 2 heterocycles. The average molecular weight is 499 g/mol. The van der Waals surface area contributed by atoms with Crippen molar-refractivity contribution in [3.05, 3.63) is 52.0 Å². The van der Waals surface area contributed by atoms with E-state index < -0.39 is 10.0 Å². The van der Waals surface area contributed by atoms with E-state index in [0.29, 0.717) is 54.1 Å². The van der Waals surface area contributed by atoms with E-state index in [1.807, 2.05) is 6.07 Å². The Morgan fingerprint density at radius 2 is 1.78 bits per heavy atom. The Morgan fingerprint density at radius 3 is 2.50 bits per heavy atom. The van der Waals surface area contributed by atoms with Crippen LogP contribution in [0.2, 0.25) is 10.0 Å². The summed E-state index contributed by atoms with van der Waals surface area (Å²) in [4.78, 5) is 14.7. The van der Waals surface area contributed by atoms with Crippen molar-refractivity contribution in [2.24, 2.45) is 5.92 Å². The van der Waals surface area contributed by atoms with Gasteiger partial charge in [0.2, 0.25) is 15.9 Å². The molecule has 0 radical (unpaired) electrons. The highest BCUT2D eigenvalue weighted by atomic mass is 35.5. The summed E-state index contributed by atoms with van der Waals surface area (Å²) in [5.74, 6) is 0.702. The lowest BCUT2D eigenvalue weighted by Crippen LogP contribution is -2.43. The maximum atomic E-state index is 13.1. The van der Waals surface area contributed by atoms with E-state index in [-0.39, 0.29) is 29.8 Å². The van der Waals surface area contributed by atoms with Gasteiger partial charge in [0.05, 0.1) is 14.9 Å². The molecular formula is C22H24Cl2N2O5S. The quantitative estimate of drug-likeness (QED) is 0.625. The van der Waals surface area contributed by atoms with Crippen molar-refractivity contribution in [1.82, 2.24) is 9.21 Å². The number of carbonyl (C=O) groups is 1. The van der Waals surface area contributed by atoms with Crippen LogP contribution in [0.5, 0.6) is 11.5 Å². The molecule has 2 aromatic carbocycles. The van der Waals surface area contributed by atoms with Crippen molar-refractivity contribution in [3.8, 4) is 11.5 Å². The Morgan fingerprint density at radius 1 is 1.09 bits per heavy atom. The molecule has 4 rings (SSSR count). The molecule has 0 unspecified atom stereocenters. The average Bonchev–Trinajstić information content (AvgIpc) is 2.81. The second kappa shape index (κ2) is 9.47. The van der Waals surface area contributed by atoms with Crippen LogP contribution in [-0.2, 0) is 21.4 Å². The Labute approximate surface area is 197 Å². The largest absolute Gasteiger partial charge is 0.486 e. The van der Waals surface area contributed by atoms with Crippen LogP contribution in [0.1, 0.15) is 18.4 Å². The van der Waals surface area contributed by atoms with Crippen LogP contribution in [0.15, 0.2) is 41.3 Å². The zero-order valence-corrected chi connectivity index (χ0v) is 19.9. The molecule has 2 aliphatic heterocycles. The third kappa shape index (κ3) is 4.69. The summed E-state index contributed by atoms with van der Waals surface area (Å²) in [5.41, 5.74) is 0.772. The highest BCUT2D eigenvalue weighted by Crippen LogP contribution is 2.34. The number of halogens is 2. The number of carbonyl (C=O) groups excluding carboxylic acids is 1. The number of hydrogen-bond donors (Lipinski definition) is 0. The number of rotatable bonds is 5. The monoisotopic (exact) mass is 498 g/mol. The van der Waals surface area contributed by atoms with Gasteiger partial charge in [-0.05, 0) is 36.6 Å². The molecule has 0 N–H and O–H groups in total. The fraction of sp³-hybridized carbons (Fsp3) is 0.409. The fourth-order valence-corrected chi connectivity index (χ4v) is 5.86. The topological polar surface area (TPSA) is 76.2 Å². The number of benzene rings is 2. The molecule has 172 valence electrons. The van der Waals surface area contributed by atoms with E-state index in [4.69, 9.17) is 32.7 Å². The van der Waals surface area contributed by atoms with E-state index in [9.17, 15) is 13.2 Å². The minimum atomic E-state index is -3.68. The van der Waals surface area contributed by atoms with Crippen LogP contribution < -0.4 is 9.47 Å². The van der Waals surface area contributed by atoms with Crippen molar-refractivity contribution < 1.29 is 22.7 Å². The lowest BCUT2D eigenvalue weighted by Gasteiger charge is -2.32. The number of hydrogen-bond acceptors (Lipinski definition) is 5. The van der Waals surface area contributed by atoms with Crippen molar-refractivity contribution in [2.75, 3.05) is 33.4 Å². The molecule has 0 aliphatic carbocycles. The zero-order chi connectivity index (χ0) is 22.9. The number of sulfonamides is 1. The highest BCUT2D eigenvalue weighted by Gasteiger charge is 2.34. The summed E-state index contributed by atoms with van der Waals surface area (Å²) in [5, 5.41) is 0.886. The lowest BCUT2D eigenvalue weighted by molar-refractivity contribution is -0.135. The van der Waals surface area contributed by atoms with Gasteiger partial charge in [-0.3, -0.25) is 4.79 Å².